The number of nitrogens with zero attached hydrogens (tertiary/aromatic N) is 1. The maximum Gasteiger partial charge on any atom is 0.227 e. The van der Waals surface area contributed by atoms with Gasteiger partial charge in [0.25, 0.3) is 0 Å². The summed E-state index contributed by atoms with van der Waals surface area (Å²) in [6.07, 6.45) is 2.06. The summed E-state index contributed by atoms with van der Waals surface area (Å²) in [5, 5.41) is 14.3. The molecule has 1 fully saturated rings. The molecule has 0 radical (unpaired) electrons. The Hall–Kier alpha value is -1.79. The van der Waals surface area contributed by atoms with Crippen LogP contribution in [0.4, 0.5) is 0 Å². The van der Waals surface area contributed by atoms with Crippen LogP contribution < -0.4 is 10.1 Å². The summed E-state index contributed by atoms with van der Waals surface area (Å²) in [7, 11) is 0. The first kappa shape index (κ1) is 21.4. The number of fused-ring (bicyclic) bond motifs is 1. The van der Waals surface area contributed by atoms with E-state index >= 15 is 0 Å². The third-order valence-electron chi connectivity index (χ3n) is 5.88. The fourth-order valence-electron chi connectivity index (χ4n) is 4.15. The number of hydrogen-bond donors (Lipinski definition) is 2. The summed E-state index contributed by atoms with van der Waals surface area (Å²) in [4.78, 5) is 14.6. The third kappa shape index (κ3) is 5.09. The van der Waals surface area contributed by atoms with Crippen LogP contribution in [0.3, 0.4) is 0 Å². The number of β-amino-alcohol motifs (C(OH)–C–C–N with tert-alkyl or cyclic N) is 1. The van der Waals surface area contributed by atoms with Gasteiger partial charge in [-0.25, -0.2) is 0 Å². The van der Waals surface area contributed by atoms with Gasteiger partial charge >= 0.3 is 0 Å². The second-order valence-corrected chi connectivity index (χ2v) is 8.86. The number of nitrogens with one attached hydrogen (secondary N) is 1. The number of benzene rings is 2. The highest BCUT2D eigenvalue weighted by Gasteiger charge is 2.32. The van der Waals surface area contributed by atoms with Crippen LogP contribution in [0.2, 0.25) is 10.0 Å². The minimum Gasteiger partial charge on any atom is -0.490 e. The molecule has 2 unspecified atom stereocenters. The smallest absolute Gasteiger partial charge is 0.227 e. The lowest BCUT2D eigenvalue weighted by Gasteiger charge is -2.33. The second kappa shape index (κ2) is 9.56. The lowest BCUT2D eigenvalue weighted by Crippen LogP contribution is -2.46. The highest BCUT2D eigenvalue weighted by Crippen LogP contribution is 2.34. The van der Waals surface area contributed by atoms with Gasteiger partial charge < -0.3 is 20.1 Å². The predicted molar refractivity (Wildman–Crippen MR) is 118 cm³/mol. The summed E-state index contributed by atoms with van der Waals surface area (Å²) in [6.45, 7) is 2.50. The molecular weight excluding hydrogens is 423 g/mol. The fraction of sp³-hybridized carbons (Fsp3) is 0.435. The van der Waals surface area contributed by atoms with E-state index in [1.807, 2.05) is 24.3 Å². The van der Waals surface area contributed by atoms with Crippen LogP contribution in [0.5, 0.6) is 5.75 Å². The molecule has 2 aromatic rings. The van der Waals surface area contributed by atoms with Crippen LogP contribution in [-0.2, 0) is 11.2 Å². The first-order valence-electron chi connectivity index (χ1n) is 10.4. The number of rotatable bonds is 7. The number of carbonyl (C=O) groups is 1. The van der Waals surface area contributed by atoms with E-state index in [9.17, 15) is 9.90 Å². The minimum absolute atomic E-state index is 0.00137. The molecule has 2 atom stereocenters. The fourth-order valence-corrected chi connectivity index (χ4v) is 4.44. The van der Waals surface area contributed by atoms with Crippen LogP contribution in [-0.4, -0.2) is 54.3 Å². The van der Waals surface area contributed by atoms with E-state index in [1.165, 1.54) is 5.56 Å². The zero-order valence-electron chi connectivity index (χ0n) is 16.7. The van der Waals surface area contributed by atoms with Crippen molar-refractivity contribution in [2.45, 2.75) is 37.4 Å². The molecule has 160 valence electrons. The van der Waals surface area contributed by atoms with Gasteiger partial charge in [0, 0.05) is 32.2 Å². The lowest BCUT2D eigenvalue weighted by molar-refractivity contribution is -0.123. The Morgan fingerprint density at radius 3 is 2.67 bits per heavy atom. The zero-order valence-corrected chi connectivity index (χ0v) is 18.2. The summed E-state index contributed by atoms with van der Waals surface area (Å²) < 4.78 is 6.01. The molecular formula is C23H26Cl2N2O3. The zero-order chi connectivity index (χ0) is 21.1. The monoisotopic (exact) mass is 448 g/mol. The largest absolute Gasteiger partial charge is 0.490 e. The van der Waals surface area contributed by atoms with Crippen molar-refractivity contribution >= 4 is 29.1 Å². The quantitative estimate of drug-likeness (QED) is 0.678. The molecule has 2 aliphatic rings. The van der Waals surface area contributed by atoms with E-state index in [0.717, 1.165) is 43.7 Å². The van der Waals surface area contributed by atoms with Crippen molar-refractivity contribution in [1.29, 1.82) is 0 Å². The Labute approximate surface area is 186 Å². The summed E-state index contributed by atoms with van der Waals surface area (Å²) in [5.41, 5.74) is 2.35. The van der Waals surface area contributed by atoms with E-state index in [-0.39, 0.29) is 24.5 Å². The molecule has 1 amide bonds. The average Bonchev–Trinajstić information content (AvgIpc) is 2.72. The summed E-state index contributed by atoms with van der Waals surface area (Å²) >= 11 is 12.0. The molecule has 0 saturated carbocycles. The van der Waals surface area contributed by atoms with E-state index in [0.29, 0.717) is 16.6 Å². The van der Waals surface area contributed by atoms with E-state index in [1.54, 1.807) is 12.1 Å². The molecule has 2 aromatic carbocycles. The van der Waals surface area contributed by atoms with Crippen LogP contribution in [0.1, 0.15) is 29.9 Å². The molecule has 1 saturated heterocycles. The number of piperidine rings is 1. The van der Waals surface area contributed by atoms with Crippen LogP contribution >= 0.6 is 23.2 Å². The van der Waals surface area contributed by atoms with Gasteiger partial charge in [0.2, 0.25) is 5.91 Å². The van der Waals surface area contributed by atoms with Gasteiger partial charge in [-0.2, -0.15) is 0 Å². The van der Waals surface area contributed by atoms with Crippen LogP contribution in [0, 0.1) is 0 Å². The molecule has 30 heavy (non-hydrogen) atoms. The highest BCUT2D eigenvalue weighted by molar-refractivity contribution is 6.42. The molecule has 5 nitrogen and oxygen atoms in total. The number of amides is 1. The van der Waals surface area contributed by atoms with Crippen molar-refractivity contribution in [2.75, 3.05) is 26.2 Å². The molecule has 0 bridgehead atoms. The third-order valence-corrected chi connectivity index (χ3v) is 6.62. The molecule has 1 heterocycles. The predicted octanol–water partition coefficient (Wildman–Crippen LogP) is 3.65. The van der Waals surface area contributed by atoms with Crippen molar-refractivity contribution in [3.05, 3.63) is 63.6 Å². The number of halogens is 2. The number of aliphatic hydroxyl groups is 1. The number of carbonyl (C=O) groups excluding carboxylic acids is 1. The molecule has 1 aliphatic heterocycles. The summed E-state index contributed by atoms with van der Waals surface area (Å²) in [6, 6.07) is 13.3. The van der Waals surface area contributed by atoms with Crippen LogP contribution in [0.15, 0.2) is 42.5 Å². The average molecular weight is 449 g/mol. The van der Waals surface area contributed by atoms with Gasteiger partial charge in [-0.3, -0.25) is 4.79 Å². The van der Waals surface area contributed by atoms with Crippen LogP contribution in [0.25, 0.3) is 0 Å². The van der Waals surface area contributed by atoms with Crippen molar-refractivity contribution in [3.8, 4) is 5.75 Å². The van der Waals surface area contributed by atoms with E-state index < -0.39 is 6.10 Å². The topological polar surface area (TPSA) is 61.8 Å². The lowest BCUT2D eigenvalue weighted by atomic mass is 9.77. The minimum atomic E-state index is -0.586. The first-order valence-corrected chi connectivity index (χ1v) is 11.1. The molecule has 1 aliphatic carbocycles. The Balaban J connectivity index is 1.16. The highest BCUT2D eigenvalue weighted by atomic mass is 35.5. The van der Waals surface area contributed by atoms with Crippen molar-refractivity contribution in [2.24, 2.45) is 0 Å². The number of hydrogen-bond acceptors (Lipinski definition) is 4. The van der Waals surface area contributed by atoms with Gasteiger partial charge in [0.05, 0.1) is 22.1 Å². The second-order valence-electron chi connectivity index (χ2n) is 8.05. The molecule has 0 spiro atoms. The maximum absolute atomic E-state index is 12.4. The standard InChI is InChI=1S/C23H26Cl2N2O3/c24-21-6-5-18(12-22(21)25)30-17-7-9-27(10-8-17)14-16(28)13-26-23(29)20-11-15-3-1-2-4-19(15)20/h1-6,12,16-17,20,28H,7-11,13-14H2,(H,26,29). The van der Waals surface area contributed by atoms with Gasteiger partial charge in [0.15, 0.2) is 0 Å². The number of aliphatic hydroxyl groups excluding tert-OH is 1. The molecule has 4 rings (SSSR count). The van der Waals surface area contributed by atoms with E-state index in [2.05, 4.69) is 16.3 Å². The van der Waals surface area contributed by atoms with Gasteiger partial charge in [-0.15, -0.1) is 0 Å². The molecule has 0 aromatic heterocycles. The molecule has 2 N–H and O–H groups in total. The van der Waals surface area contributed by atoms with Crippen molar-refractivity contribution in [1.82, 2.24) is 10.2 Å². The van der Waals surface area contributed by atoms with Gasteiger partial charge in [-0.1, -0.05) is 47.5 Å². The Morgan fingerprint density at radius 2 is 1.93 bits per heavy atom. The Bertz CT molecular complexity index is 900. The summed E-state index contributed by atoms with van der Waals surface area (Å²) in [5.74, 6) is 0.646. The number of ether oxygens (including phenoxy) is 1. The maximum atomic E-state index is 12.4. The van der Waals surface area contributed by atoms with Gasteiger partial charge in [0.1, 0.15) is 11.9 Å². The Morgan fingerprint density at radius 1 is 1.17 bits per heavy atom. The molecule has 7 heteroatoms. The number of likely N-dealkylation sites (tertiary alicyclic amines) is 1. The normalized spacial score (nSPS) is 20.2. The Kier molecular flexibility index (Phi) is 6.84. The SMILES string of the molecule is O=C(NCC(O)CN1CCC(Oc2ccc(Cl)c(Cl)c2)CC1)C1Cc2ccccc21. The van der Waals surface area contributed by atoms with Crippen molar-refractivity contribution < 1.29 is 14.6 Å². The van der Waals surface area contributed by atoms with Gasteiger partial charge in [-0.05, 0) is 42.5 Å². The van der Waals surface area contributed by atoms with E-state index in [4.69, 9.17) is 27.9 Å². The first-order chi connectivity index (χ1) is 14.5. The van der Waals surface area contributed by atoms with Crippen molar-refractivity contribution in [3.63, 3.8) is 0 Å².